The maximum Gasteiger partial charge on any atom is 0.289 e. The van der Waals surface area contributed by atoms with Gasteiger partial charge in [0.15, 0.2) is 5.76 Å². The van der Waals surface area contributed by atoms with Gasteiger partial charge in [-0.05, 0) is 81.5 Å². The number of rotatable bonds is 5. The van der Waals surface area contributed by atoms with Gasteiger partial charge < -0.3 is 9.32 Å². The molecule has 0 spiro atoms. The normalized spacial score (nSPS) is 34.1. The van der Waals surface area contributed by atoms with Gasteiger partial charge in [0.05, 0.1) is 0 Å². The Morgan fingerprint density at radius 3 is 2.24 bits per heavy atom. The second-order valence-electron chi connectivity index (χ2n) is 10.2. The van der Waals surface area contributed by atoms with Crippen LogP contribution in [0.5, 0.6) is 0 Å². The monoisotopic (exact) mass is 420 g/mol. The molecule has 0 atom stereocenters. The van der Waals surface area contributed by atoms with Gasteiger partial charge in [0.25, 0.3) is 5.91 Å². The summed E-state index contributed by atoms with van der Waals surface area (Å²) in [4.78, 5) is 15.0. The molecule has 0 N–H and O–H groups in total. The number of hydrogen-bond acceptors (Lipinski definition) is 4. The van der Waals surface area contributed by atoms with Crippen LogP contribution >= 0.6 is 0 Å². The Labute approximate surface area is 173 Å². The van der Waals surface area contributed by atoms with E-state index in [2.05, 4.69) is 0 Å². The minimum atomic E-state index is -3.58. The molecule has 1 aromatic heterocycles. The lowest BCUT2D eigenvalue weighted by molar-refractivity contribution is -0.0631. The molecule has 1 aliphatic heterocycles. The van der Waals surface area contributed by atoms with Crippen molar-refractivity contribution >= 4 is 15.9 Å². The average molecular weight is 421 g/mol. The number of aryl methyl sites for hydroxylation is 1. The molecule has 0 radical (unpaired) electrons. The molecular weight excluding hydrogens is 388 g/mol. The average Bonchev–Trinajstić information content (AvgIpc) is 3.29. The Morgan fingerprint density at radius 1 is 1.14 bits per heavy atom. The lowest BCUT2D eigenvalue weighted by Crippen LogP contribution is -2.51. The Balaban J connectivity index is 1.33. The summed E-state index contributed by atoms with van der Waals surface area (Å²) < 4.78 is 33.0. The molecule has 0 unspecified atom stereocenters. The fourth-order valence-electron chi connectivity index (χ4n) is 7.14. The topological polar surface area (TPSA) is 70.8 Å². The minimum absolute atomic E-state index is 0.144. The molecule has 6 rings (SSSR count). The molecule has 4 bridgehead atoms. The third-order valence-electron chi connectivity index (χ3n) is 7.85. The van der Waals surface area contributed by atoms with E-state index in [-0.39, 0.29) is 22.0 Å². The van der Waals surface area contributed by atoms with Crippen molar-refractivity contribution in [2.24, 2.45) is 23.2 Å². The van der Waals surface area contributed by atoms with E-state index in [1.807, 2.05) is 7.05 Å². The maximum absolute atomic E-state index is 13.1. The zero-order chi connectivity index (χ0) is 20.4. The summed E-state index contributed by atoms with van der Waals surface area (Å²) in [6.07, 6.45) is 9.63. The van der Waals surface area contributed by atoms with Crippen molar-refractivity contribution in [3.05, 3.63) is 17.6 Å². The molecule has 1 amide bonds. The van der Waals surface area contributed by atoms with Crippen LogP contribution in [-0.2, 0) is 10.0 Å². The smallest absolute Gasteiger partial charge is 0.289 e. The maximum atomic E-state index is 13.1. The van der Waals surface area contributed by atoms with Gasteiger partial charge in [-0.1, -0.05) is 0 Å². The fraction of sp³-hybridized carbons (Fsp3) is 0.773. The Morgan fingerprint density at radius 2 is 1.69 bits per heavy atom. The Hall–Kier alpha value is -1.34. The molecule has 4 saturated carbocycles. The van der Waals surface area contributed by atoms with E-state index in [1.165, 1.54) is 48.9 Å². The second-order valence-corrected chi connectivity index (χ2v) is 12.1. The molecule has 5 aliphatic rings. The predicted molar refractivity (Wildman–Crippen MR) is 109 cm³/mol. The first-order valence-corrected chi connectivity index (χ1v) is 12.6. The van der Waals surface area contributed by atoms with Gasteiger partial charge in [-0.15, -0.1) is 0 Å². The van der Waals surface area contributed by atoms with Crippen LogP contribution in [0.1, 0.15) is 67.7 Å². The van der Waals surface area contributed by atoms with Crippen molar-refractivity contribution in [1.82, 2.24) is 9.21 Å². The van der Waals surface area contributed by atoms with Crippen LogP contribution in [0.4, 0.5) is 0 Å². The molecule has 5 fully saturated rings. The van der Waals surface area contributed by atoms with Gasteiger partial charge in [0.1, 0.15) is 10.7 Å². The predicted octanol–water partition coefficient (Wildman–Crippen LogP) is 3.66. The number of amides is 1. The van der Waals surface area contributed by atoms with Crippen LogP contribution in [0.2, 0.25) is 0 Å². The van der Waals surface area contributed by atoms with Gasteiger partial charge in [0.2, 0.25) is 10.0 Å². The standard InChI is InChI=1S/C22H32N2O4S/c1-15-20(29(26,27)24-5-3-4-6-24)10-19(28-15)21(25)23(2)14-22-11-16-7-17(12-22)9-18(8-16)13-22/h10,16-18H,3-9,11-14H2,1-2H3. The molecule has 1 saturated heterocycles. The molecular formula is C22H32N2O4S. The first-order valence-electron chi connectivity index (χ1n) is 11.1. The van der Waals surface area contributed by atoms with Crippen molar-refractivity contribution in [2.45, 2.75) is 63.2 Å². The van der Waals surface area contributed by atoms with Crippen molar-refractivity contribution in [3.63, 3.8) is 0 Å². The number of sulfonamides is 1. The van der Waals surface area contributed by atoms with E-state index in [0.29, 0.717) is 18.8 Å². The van der Waals surface area contributed by atoms with E-state index in [9.17, 15) is 13.2 Å². The molecule has 4 aliphatic carbocycles. The SMILES string of the molecule is Cc1oc(C(=O)N(C)CC23CC4CC(CC(C4)C2)C3)cc1S(=O)(=O)N1CCCC1. The van der Waals surface area contributed by atoms with Crippen LogP contribution < -0.4 is 0 Å². The first kappa shape index (κ1) is 19.6. The number of nitrogens with zero attached hydrogens (tertiary/aromatic N) is 2. The highest BCUT2D eigenvalue weighted by molar-refractivity contribution is 7.89. The highest BCUT2D eigenvalue weighted by Gasteiger charge is 2.51. The summed E-state index contributed by atoms with van der Waals surface area (Å²) in [5.41, 5.74) is 0.255. The van der Waals surface area contributed by atoms with Crippen LogP contribution in [0.15, 0.2) is 15.4 Å². The Kier molecular flexibility index (Phi) is 4.63. The molecule has 1 aromatic rings. The largest absolute Gasteiger partial charge is 0.455 e. The number of carbonyl (C=O) groups is 1. The van der Waals surface area contributed by atoms with Crippen molar-refractivity contribution in [3.8, 4) is 0 Å². The van der Waals surface area contributed by atoms with Crippen LogP contribution in [0.3, 0.4) is 0 Å². The quantitative estimate of drug-likeness (QED) is 0.729. The number of carbonyl (C=O) groups excluding carboxylic acids is 1. The molecule has 29 heavy (non-hydrogen) atoms. The zero-order valence-electron chi connectivity index (χ0n) is 17.5. The van der Waals surface area contributed by atoms with Crippen molar-refractivity contribution in [1.29, 1.82) is 0 Å². The van der Waals surface area contributed by atoms with Gasteiger partial charge >= 0.3 is 0 Å². The summed E-state index contributed by atoms with van der Waals surface area (Å²) in [5, 5.41) is 0. The fourth-order valence-corrected chi connectivity index (χ4v) is 8.82. The first-order chi connectivity index (χ1) is 13.8. The third-order valence-corrected chi connectivity index (χ3v) is 9.86. The second kappa shape index (κ2) is 6.84. The van der Waals surface area contributed by atoms with E-state index < -0.39 is 10.0 Å². The molecule has 6 nitrogen and oxygen atoms in total. The third kappa shape index (κ3) is 3.34. The molecule has 160 valence electrons. The minimum Gasteiger partial charge on any atom is -0.455 e. The van der Waals surface area contributed by atoms with Gasteiger partial charge in [-0.2, -0.15) is 4.31 Å². The van der Waals surface area contributed by atoms with Crippen LogP contribution in [-0.4, -0.2) is 50.2 Å². The lowest BCUT2D eigenvalue weighted by Gasteiger charge is -2.57. The summed E-state index contributed by atoms with van der Waals surface area (Å²) in [7, 11) is -1.74. The zero-order valence-corrected chi connectivity index (χ0v) is 18.3. The highest BCUT2D eigenvalue weighted by Crippen LogP contribution is 2.60. The van der Waals surface area contributed by atoms with E-state index in [1.54, 1.807) is 11.8 Å². The van der Waals surface area contributed by atoms with Crippen molar-refractivity contribution < 1.29 is 17.6 Å². The van der Waals surface area contributed by atoms with E-state index in [0.717, 1.165) is 37.1 Å². The highest BCUT2D eigenvalue weighted by atomic mass is 32.2. The van der Waals surface area contributed by atoms with Crippen LogP contribution in [0, 0.1) is 30.1 Å². The summed E-state index contributed by atoms with van der Waals surface area (Å²) in [6.45, 7) is 3.48. The van der Waals surface area contributed by atoms with Crippen LogP contribution in [0.25, 0.3) is 0 Å². The van der Waals surface area contributed by atoms with E-state index >= 15 is 0 Å². The van der Waals surface area contributed by atoms with Gasteiger partial charge in [-0.3, -0.25) is 4.79 Å². The van der Waals surface area contributed by atoms with Gasteiger partial charge in [0, 0.05) is 32.7 Å². The number of furan rings is 1. The summed E-state index contributed by atoms with van der Waals surface area (Å²) in [6, 6.07) is 1.45. The molecule has 7 heteroatoms. The molecule has 0 aromatic carbocycles. The summed E-state index contributed by atoms with van der Waals surface area (Å²) in [5.74, 6) is 2.77. The summed E-state index contributed by atoms with van der Waals surface area (Å²) >= 11 is 0. The van der Waals surface area contributed by atoms with Gasteiger partial charge in [-0.25, -0.2) is 8.42 Å². The lowest BCUT2D eigenvalue weighted by atomic mass is 9.49. The molecule has 2 heterocycles. The van der Waals surface area contributed by atoms with E-state index in [4.69, 9.17) is 4.42 Å². The van der Waals surface area contributed by atoms with Crippen molar-refractivity contribution in [2.75, 3.05) is 26.7 Å². The number of hydrogen-bond donors (Lipinski definition) is 0. The Bertz CT molecular complexity index is 878.